The Morgan fingerprint density at radius 3 is 2.37 bits per heavy atom. The van der Waals surface area contributed by atoms with Crippen LogP contribution in [0.25, 0.3) is 11.1 Å². The summed E-state index contributed by atoms with van der Waals surface area (Å²) >= 11 is 0. The highest BCUT2D eigenvalue weighted by molar-refractivity contribution is 5.79. The summed E-state index contributed by atoms with van der Waals surface area (Å²) in [6, 6.07) is 16.3. The fraction of sp³-hybridized carbons (Fsp3) is 0.304. The standard InChI is InChI=1S/C23H25N3O4/c1-26-13-12-24-22(26)21(28)20(27)10-11-25-23(29)30-14-19-17-8-4-2-6-15(17)16-7-3-5-9-18(16)19/h2-9,12-13,19-21,27-28H,10-11,14H2,1H3,(H,25,29). The number of ether oxygens (including phenoxy) is 1. The number of amides is 1. The van der Waals surface area contributed by atoms with Crippen molar-refractivity contribution in [2.75, 3.05) is 13.2 Å². The highest BCUT2D eigenvalue weighted by atomic mass is 16.5. The van der Waals surface area contributed by atoms with Crippen LogP contribution in [0.3, 0.4) is 0 Å². The molecule has 0 spiro atoms. The van der Waals surface area contributed by atoms with Crippen molar-refractivity contribution >= 4 is 6.09 Å². The number of fused-ring (bicyclic) bond motifs is 3. The molecule has 3 N–H and O–H groups in total. The lowest BCUT2D eigenvalue weighted by atomic mass is 9.98. The molecule has 2 atom stereocenters. The first-order valence-corrected chi connectivity index (χ1v) is 9.98. The van der Waals surface area contributed by atoms with Crippen molar-refractivity contribution in [1.82, 2.24) is 14.9 Å². The molecule has 7 nitrogen and oxygen atoms in total. The Labute approximate surface area is 175 Å². The third kappa shape index (κ3) is 3.94. The van der Waals surface area contributed by atoms with Gasteiger partial charge in [-0.2, -0.15) is 0 Å². The fourth-order valence-corrected chi connectivity index (χ4v) is 3.96. The van der Waals surface area contributed by atoms with Crippen molar-refractivity contribution in [2.24, 2.45) is 7.05 Å². The van der Waals surface area contributed by atoms with Gasteiger partial charge >= 0.3 is 6.09 Å². The maximum atomic E-state index is 12.2. The summed E-state index contributed by atoms with van der Waals surface area (Å²) < 4.78 is 7.11. The summed E-state index contributed by atoms with van der Waals surface area (Å²) in [5.41, 5.74) is 4.65. The second-order valence-electron chi connectivity index (χ2n) is 7.45. The Kier molecular flexibility index (Phi) is 5.83. The number of alkyl carbamates (subject to hydrolysis) is 1. The molecule has 30 heavy (non-hydrogen) atoms. The highest BCUT2D eigenvalue weighted by Crippen LogP contribution is 2.44. The van der Waals surface area contributed by atoms with Crippen LogP contribution < -0.4 is 5.32 Å². The summed E-state index contributed by atoms with van der Waals surface area (Å²) in [7, 11) is 1.74. The Morgan fingerprint density at radius 2 is 1.77 bits per heavy atom. The van der Waals surface area contributed by atoms with Gasteiger partial charge in [-0.1, -0.05) is 48.5 Å². The van der Waals surface area contributed by atoms with E-state index < -0.39 is 18.3 Å². The van der Waals surface area contributed by atoms with Crippen LogP contribution in [0.15, 0.2) is 60.9 Å². The average Bonchev–Trinajstić information content (AvgIpc) is 3.33. The van der Waals surface area contributed by atoms with Gasteiger partial charge in [-0.25, -0.2) is 9.78 Å². The first kappa shape index (κ1) is 20.1. The topological polar surface area (TPSA) is 96.6 Å². The van der Waals surface area contributed by atoms with Crippen LogP contribution in [0.2, 0.25) is 0 Å². The molecule has 156 valence electrons. The third-order valence-corrected chi connectivity index (χ3v) is 5.54. The Hall–Kier alpha value is -3.16. The maximum Gasteiger partial charge on any atom is 0.407 e. The SMILES string of the molecule is Cn1ccnc1C(O)C(O)CCNC(=O)OCC1c2ccccc2-c2ccccc21. The first-order valence-electron chi connectivity index (χ1n) is 9.98. The number of aliphatic hydroxyl groups is 2. The number of rotatable bonds is 7. The molecule has 4 rings (SSSR count). The zero-order chi connectivity index (χ0) is 21.1. The molecule has 3 aromatic rings. The second kappa shape index (κ2) is 8.69. The molecule has 0 radical (unpaired) electrons. The van der Waals surface area contributed by atoms with Gasteiger partial charge in [0.1, 0.15) is 18.5 Å². The molecule has 2 aromatic carbocycles. The molecule has 0 saturated carbocycles. The van der Waals surface area contributed by atoms with Crippen molar-refractivity contribution in [3.63, 3.8) is 0 Å². The number of aromatic nitrogens is 2. The first-order chi connectivity index (χ1) is 14.6. The van der Waals surface area contributed by atoms with Gasteiger partial charge in [0, 0.05) is 31.9 Å². The average molecular weight is 407 g/mol. The molecule has 7 heteroatoms. The van der Waals surface area contributed by atoms with Crippen LogP contribution in [0.1, 0.15) is 35.4 Å². The second-order valence-corrected chi connectivity index (χ2v) is 7.45. The van der Waals surface area contributed by atoms with Crippen LogP contribution in [0.5, 0.6) is 0 Å². The molecule has 1 amide bonds. The number of nitrogens with one attached hydrogen (secondary N) is 1. The van der Waals surface area contributed by atoms with E-state index in [1.807, 2.05) is 24.3 Å². The quantitative estimate of drug-likeness (QED) is 0.560. The Morgan fingerprint density at radius 1 is 1.13 bits per heavy atom. The van der Waals surface area contributed by atoms with E-state index in [4.69, 9.17) is 4.74 Å². The lowest BCUT2D eigenvalue weighted by Gasteiger charge is -2.18. The van der Waals surface area contributed by atoms with Crippen LogP contribution in [-0.2, 0) is 11.8 Å². The van der Waals surface area contributed by atoms with E-state index in [0.717, 1.165) is 11.1 Å². The molecule has 0 saturated heterocycles. The van der Waals surface area contributed by atoms with Crippen molar-refractivity contribution in [1.29, 1.82) is 0 Å². The Balaban J connectivity index is 1.29. The number of carbonyl (C=O) groups is 1. The van der Waals surface area contributed by atoms with Crippen molar-refractivity contribution < 1.29 is 19.7 Å². The fourth-order valence-electron chi connectivity index (χ4n) is 3.96. The van der Waals surface area contributed by atoms with Gasteiger partial charge in [0.05, 0.1) is 6.10 Å². The molecule has 1 aliphatic rings. The van der Waals surface area contributed by atoms with Crippen molar-refractivity contribution in [2.45, 2.75) is 24.5 Å². The van der Waals surface area contributed by atoms with Gasteiger partial charge in [-0.3, -0.25) is 0 Å². The lowest BCUT2D eigenvalue weighted by molar-refractivity contribution is 0.00699. The van der Waals surface area contributed by atoms with E-state index in [9.17, 15) is 15.0 Å². The summed E-state index contributed by atoms with van der Waals surface area (Å²) in [6.07, 6.45) is 0.725. The minimum atomic E-state index is -1.12. The molecule has 0 fully saturated rings. The number of carbonyl (C=O) groups excluding carboxylic acids is 1. The molecular weight excluding hydrogens is 382 g/mol. The third-order valence-electron chi connectivity index (χ3n) is 5.54. The number of hydrogen-bond donors (Lipinski definition) is 3. The molecule has 1 heterocycles. The van der Waals surface area contributed by atoms with E-state index in [1.165, 1.54) is 11.1 Å². The predicted molar refractivity (Wildman–Crippen MR) is 112 cm³/mol. The highest BCUT2D eigenvalue weighted by Gasteiger charge is 2.29. The van der Waals surface area contributed by atoms with Crippen LogP contribution in [-0.4, -0.2) is 45.1 Å². The van der Waals surface area contributed by atoms with Gasteiger partial charge in [-0.15, -0.1) is 0 Å². The summed E-state index contributed by atoms with van der Waals surface area (Å²) in [5.74, 6) is 0.377. The van der Waals surface area contributed by atoms with Gasteiger partial charge in [0.15, 0.2) is 0 Å². The summed E-state index contributed by atoms with van der Waals surface area (Å²) in [5, 5.41) is 23.0. The smallest absolute Gasteiger partial charge is 0.407 e. The van der Waals surface area contributed by atoms with Crippen LogP contribution in [0.4, 0.5) is 4.79 Å². The van der Waals surface area contributed by atoms with E-state index >= 15 is 0 Å². The number of imidazole rings is 1. The van der Waals surface area contributed by atoms with Gasteiger partial charge in [0.2, 0.25) is 0 Å². The number of hydrogen-bond acceptors (Lipinski definition) is 5. The molecule has 1 aromatic heterocycles. The zero-order valence-electron chi connectivity index (χ0n) is 16.7. The zero-order valence-corrected chi connectivity index (χ0v) is 16.7. The predicted octanol–water partition coefficient (Wildman–Crippen LogP) is 2.74. The van der Waals surface area contributed by atoms with E-state index in [-0.39, 0.29) is 25.5 Å². The van der Waals surface area contributed by atoms with E-state index in [0.29, 0.717) is 5.82 Å². The molecule has 0 aliphatic heterocycles. The van der Waals surface area contributed by atoms with Gasteiger partial charge in [0.25, 0.3) is 0 Å². The lowest BCUT2D eigenvalue weighted by Crippen LogP contribution is -2.31. The van der Waals surface area contributed by atoms with Gasteiger partial charge < -0.3 is 24.8 Å². The minimum Gasteiger partial charge on any atom is -0.449 e. The molecule has 2 unspecified atom stereocenters. The van der Waals surface area contributed by atoms with E-state index in [2.05, 4.69) is 34.6 Å². The number of aliphatic hydroxyl groups excluding tert-OH is 2. The maximum absolute atomic E-state index is 12.2. The minimum absolute atomic E-state index is 0.000946. The van der Waals surface area contributed by atoms with E-state index in [1.54, 1.807) is 24.0 Å². The summed E-state index contributed by atoms with van der Waals surface area (Å²) in [6.45, 7) is 0.414. The molecule has 0 bridgehead atoms. The largest absolute Gasteiger partial charge is 0.449 e. The Bertz CT molecular complexity index is 987. The number of nitrogens with zero attached hydrogens (tertiary/aromatic N) is 2. The normalized spacial score (nSPS) is 14.6. The monoisotopic (exact) mass is 407 g/mol. The summed E-state index contributed by atoms with van der Waals surface area (Å²) in [4.78, 5) is 16.2. The number of benzene rings is 2. The molecule has 1 aliphatic carbocycles. The van der Waals surface area contributed by atoms with Crippen molar-refractivity contribution in [3.05, 3.63) is 77.9 Å². The van der Waals surface area contributed by atoms with Gasteiger partial charge in [-0.05, 0) is 28.7 Å². The van der Waals surface area contributed by atoms with Crippen LogP contribution in [0, 0.1) is 0 Å². The molecular formula is C23H25N3O4. The van der Waals surface area contributed by atoms with Crippen LogP contribution >= 0.6 is 0 Å². The van der Waals surface area contributed by atoms with Crippen molar-refractivity contribution in [3.8, 4) is 11.1 Å². The number of aryl methyl sites for hydroxylation is 1.